The van der Waals surface area contributed by atoms with E-state index < -0.39 is 15.9 Å². The summed E-state index contributed by atoms with van der Waals surface area (Å²) in [4.78, 5) is 13.0. The van der Waals surface area contributed by atoms with Crippen molar-refractivity contribution >= 4 is 44.1 Å². The second-order valence-electron chi connectivity index (χ2n) is 7.04. The lowest BCUT2D eigenvalue weighted by Gasteiger charge is -2.26. The van der Waals surface area contributed by atoms with Crippen molar-refractivity contribution in [1.29, 1.82) is 0 Å². The average Bonchev–Trinajstić information content (AvgIpc) is 3.17. The highest BCUT2D eigenvalue weighted by Crippen LogP contribution is 2.31. The number of H-pyrrole nitrogens is 1. The number of aromatic amines is 1. The maximum atomic E-state index is 13.0. The summed E-state index contributed by atoms with van der Waals surface area (Å²) in [7, 11) is -2.20. The molecule has 1 aliphatic rings. The number of methoxy groups -OCH3 is 1. The van der Waals surface area contributed by atoms with Crippen molar-refractivity contribution in [2.45, 2.75) is 24.2 Å². The molecule has 30 heavy (non-hydrogen) atoms. The molecular weight excluding hydrogens is 428 g/mol. The van der Waals surface area contributed by atoms with Crippen molar-refractivity contribution in [3.8, 4) is 5.75 Å². The third-order valence-electron chi connectivity index (χ3n) is 5.11. The van der Waals surface area contributed by atoms with E-state index >= 15 is 0 Å². The Labute approximate surface area is 179 Å². The Morgan fingerprint density at radius 2 is 1.93 bits per heavy atom. The standard InChI is InChI=1S/C20H21ClN4O4S/c1-29-18-8-6-14(30(27,28)25-9-3-2-4-10-25)12-17(18)22-20(26)19-15-11-13(21)5-7-16(15)23-24-19/h5-8,11-12H,2-4,9-10H2,1H3,(H,22,26)(H,23,24). The van der Waals surface area contributed by atoms with Crippen LogP contribution in [0, 0.1) is 0 Å². The first-order valence-electron chi connectivity index (χ1n) is 9.53. The number of hydrogen-bond donors (Lipinski definition) is 2. The van der Waals surface area contributed by atoms with Crippen LogP contribution in [-0.4, -0.2) is 49.0 Å². The zero-order valence-corrected chi connectivity index (χ0v) is 17.9. The summed E-state index contributed by atoms with van der Waals surface area (Å²) < 4.78 is 32.8. The van der Waals surface area contributed by atoms with Crippen LogP contribution in [0.3, 0.4) is 0 Å². The molecule has 1 amide bonds. The molecule has 4 rings (SSSR count). The third-order valence-corrected chi connectivity index (χ3v) is 7.24. The van der Waals surface area contributed by atoms with Crippen LogP contribution in [0.15, 0.2) is 41.3 Å². The zero-order chi connectivity index (χ0) is 21.3. The Kier molecular flexibility index (Phi) is 5.68. The third kappa shape index (κ3) is 3.88. The van der Waals surface area contributed by atoms with Crippen molar-refractivity contribution in [2.24, 2.45) is 0 Å². The first-order chi connectivity index (χ1) is 14.4. The van der Waals surface area contributed by atoms with Crippen molar-refractivity contribution < 1.29 is 17.9 Å². The van der Waals surface area contributed by atoms with Crippen LogP contribution in [0.5, 0.6) is 5.75 Å². The van der Waals surface area contributed by atoms with E-state index in [0.29, 0.717) is 34.8 Å². The molecule has 3 aromatic rings. The number of nitrogens with one attached hydrogen (secondary N) is 2. The van der Waals surface area contributed by atoms with Gasteiger partial charge in [-0.25, -0.2) is 8.42 Å². The number of carbonyl (C=O) groups excluding carboxylic acids is 1. The van der Waals surface area contributed by atoms with Gasteiger partial charge in [-0.05, 0) is 49.2 Å². The Morgan fingerprint density at radius 1 is 1.17 bits per heavy atom. The molecule has 0 spiro atoms. The predicted octanol–water partition coefficient (Wildman–Crippen LogP) is 3.65. The van der Waals surface area contributed by atoms with Crippen molar-refractivity contribution in [2.75, 3.05) is 25.5 Å². The molecule has 1 aliphatic heterocycles. The van der Waals surface area contributed by atoms with E-state index in [1.54, 1.807) is 18.2 Å². The minimum absolute atomic E-state index is 0.107. The first kappa shape index (κ1) is 20.6. The van der Waals surface area contributed by atoms with E-state index in [1.807, 2.05) is 0 Å². The van der Waals surface area contributed by atoms with Gasteiger partial charge in [0, 0.05) is 23.5 Å². The van der Waals surface area contributed by atoms with Gasteiger partial charge in [0.25, 0.3) is 5.91 Å². The second-order valence-corrected chi connectivity index (χ2v) is 9.42. The molecule has 0 radical (unpaired) electrons. The molecule has 0 bridgehead atoms. The number of anilines is 1. The summed E-state index contributed by atoms with van der Waals surface area (Å²) in [6.45, 7) is 0.992. The second kappa shape index (κ2) is 8.25. The Bertz CT molecular complexity index is 1200. The van der Waals surface area contributed by atoms with Crippen LogP contribution >= 0.6 is 11.6 Å². The van der Waals surface area contributed by atoms with Crippen LogP contribution in [0.4, 0.5) is 5.69 Å². The summed E-state index contributed by atoms with van der Waals surface area (Å²) in [5.74, 6) is -0.159. The fraction of sp³-hybridized carbons (Fsp3) is 0.300. The topological polar surface area (TPSA) is 104 Å². The molecule has 0 unspecified atom stereocenters. The SMILES string of the molecule is COc1ccc(S(=O)(=O)N2CCCCC2)cc1NC(=O)c1n[nH]c2ccc(Cl)cc12. The smallest absolute Gasteiger partial charge is 0.276 e. The number of ether oxygens (including phenoxy) is 1. The van der Waals surface area contributed by atoms with Crippen molar-refractivity contribution in [1.82, 2.24) is 14.5 Å². The number of halogens is 1. The molecule has 0 aliphatic carbocycles. The predicted molar refractivity (Wildman–Crippen MR) is 115 cm³/mol. The molecule has 158 valence electrons. The van der Waals surface area contributed by atoms with E-state index in [0.717, 1.165) is 19.3 Å². The molecule has 0 saturated carbocycles. The molecule has 10 heteroatoms. The highest BCUT2D eigenvalue weighted by molar-refractivity contribution is 7.89. The van der Waals surface area contributed by atoms with E-state index in [-0.39, 0.29) is 16.3 Å². The molecule has 1 saturated heterocycles. The molecule has 8 nitrogen and oxygen atoms in total. The number of aromatic nitrogens is 2. The fourth-order valence-corrected chi connectivity index (χ4v) is 5.26. The summed E-state index contributed by atoms with van der Waals surface area (Å²) in [6.07, 6.45) is 2.71. The normalized spacial score (nSPS) is 15.3. The first-order valence-corrected chi connectivity index (χ1v) is 11.3. The van der Waals surface area contributed by atoms with Crippen LogP contribution in [0.1, 0.15) is 29.8 Å². The quantitative estimate of drug-likeness (QED) is 0.619. The lowest BCUT2D eigenvalue weighted by Crippen LogP contribution is -2.35. The number of rotatable bonds is 5. The van der Waals surface area contributed by atoms with Gasteiger partial charge in [-0.1, -0.05) is 18.0 Å². The average molecular weight is 449 g/mol. The molecular formula is C20H21ClN4O4S. The Balaban J connectivity index is 1.67. The maximum absolute atomic E-state index is 13.0. The van der Waals surface area contributed by atoms with Gasteiger partial charge >= 0.3 is 0 Å². The number of hydrogen-bond acceptors (Lipinski definition) is 5. The number of benzene rings is 2. The van der Waals surface area contributed by atoms with Gasteiger partial charge < -0.3 is 10.1 Å². The van der Waals surface area contributed by atoms with Crippen molar-refractivity contribution in [3.05, 3.63) is 47.1 Å². The Morgan fingerprint density at radius 3 is 2.67 bits per heavy atom. The number of sulfonamides is 1. The minimum Gasteiger partial charge on any atom is -0.495 e. The van der Waals surface area contributed by atoms with Crippen LogP contribution in [-0.2, 0) is 10.0 Å². The number of carbonyl (C=O) groups is 1. The lowest BCUT2D eigenvalue weighted by atomic mass is 10.2. The summed E-state index contributed by atoms with van der Waals surface area (Å²) in [5.41, 5.74) is 1.07. The fourth-order valence-electron chi connectivity index (χ4n) is 3.54. The minimum atomic E-state index is -3.65. The van der Waals surface area contributed by atoms with Crippen LogP contribution in [0.25, 0.3) is 10.9 Å². The molecule has 2 heterocycles. The van der Waals surface area contributed by atoms with Gasteiger partial charge in [0.15, 0.2) is 5.69 Å². The maximum Gasteiger partial charge on any atom is 0.276 e. The summed E-state index contributed by atoms with van der Waals surface area (Å²) in [6, 6.07) is 9.51. The highest BCUT2D eigenvalue weighted by Gasteiger charge is 2.27. The van der Waals surface area contributed by atoms with Gasteiger partial charge in [-0.3, -0.25) is 9.89 Å². The van der Waals surface area contributed by atoms with E-state index in [4.69, 9.17) is 16.3 Å². The zero-order valence-electron chi connectivity index (χ0n) is 16.3. The van der Waals surface area contributed by atoms with E-state index in [2.05, 4.69) is 15.5 Å². The lowest BCUT2D eigenvalue weighted by molar-refractivity contribution is 0.102. The summed E-state index contributed by atoms with van der Waals surface area (Å²) >= 11 is 6.04. The number of amides is 1. The van der Waals surface area contributed by atoms with Gasteiger partial charge in [-0.2, -0.15) is 9.40 Å². The molecule has 1 aromatic heterocycles. The number of piperidine rings is 1. The number of nitrogens with zero attached hydrogens (tertiary/aromatic N) is 2. The molecule has 2 N–H and O–H groups in total. The van der Waals surface area contributed by atoms with Crippen LogP contribution in [0.2, 0.25) is 5.02 Å². The van der Waals surface area contributed by atoms with Gasteiger partial charge in [0.05, 0.1) is 23.2 Å². The number of fused-ring (bicyclic) bond motifs is 1. The van der Waals surface area contributed by atoms with E-state index in [9.17, 15) is 13.2 Å². The Hall–Kier alpha value is -2.62. The monoisotopic (exact) mass is 448 g/mol. The highest BCUT2D eigenvalue weighted by atomic mass is 35.5. The largest absolute Gasteiger partial charge is 0.495 e. The van der Waals surface area contributed by atoms with Crippen LogP contribution < -0.4 is 10.1 Å². The molecule has 0 atom stereocenters. The van der Waals surface area contributed by atoms with E-state index in [1.165, 1.54) is 29.6 Å². The summed E-state index contributed by atoms with van der Waals surface area (Å²) in [5, 5.41) is 10.6. The molecule has 2 aromatic carbocycles. The van der Waals surface area contributed by atoms with Gasteiger partial charge in [0.2, 0.25) is 10.0 Å². The molecule has 1 fully saturated rings. The van der Waals surface area contributed by atoms with Gasteiger partial charge in [-0.15, -0.1) is 0 Å². The van der Waals surface area contributed by atoms with Crippen molar-refractivity contribution in [3.63, 3.8) is 0 Å². The van der Waals surface area contributed by atoms with Gasteiger partial charge in [0.1, 0.15) is 5.75 Å².